The predicted molar refractivity (Wildman–Crippen MR) is 131 cm³/mol. The Morgan fingerprint density at radius 2 is 2.08 bits per heavy atom. The van der Waals surface area contributed by atoms with Crippen LogP contribution in [0.3, 0.4) is 0 Å². The summed E-state index contributed by atoms with van der Waals surface area (Å²) in [7, 11) is 2.95. The van der Waals surface area contributed by atoms with Crippen LogP contribution in [0.15, 0.2) is 23.1 Å². The second-order valence-electron chi connectivity index (χ2n) is 11.3. The van der Waals surface area contributed by atoms with Crippen molar-refractivity contribution in [3.63, 3.8) is 0 Å². The van der Waals surface area contributed by atoms with Gasteiger partial charge in [0.2, 0.25) is 5.91 Å². The molecule has 0 aromatic carbocycles. The number of amides is 1. The maximum Gasteiger partial charge on any atom is 0.435 e. The average Bonchev–Trinajstić information content (AvgIpc) is 3.53. The Bertz CT molecular complexity index is 1200. The lowest BCUT2D eigenvalue weighted by molar-refractivity contribution is -0.142. The van der Waals surface area contributed by atoms with E-state index in [4.69, 9.17) is 14.6 Å². The fourth-order valence-corrected chi connectivity index (χ4v) is 6.48. The molecule has 1 aliphatic heterocycles. The zero-order chi connectivity index (χ0) is 27.9. The number of nitrogens with zero attached hydrogens (tertiary/aromatic N) is 3. The van der Waals surface area contributed by atoms with Gasteiger partial charge in [-0.2, -0.15) is 18.3 Å². The Labute approximate surface area is 223 Å². The van der Waals surface area contributed by atoms with E-state index in [9.17, 15) is 22.4 Å². The zero-order valence-electron chi connectivity index (χ0n) is 22.1. The molecule has 3 heterocycles. The Hall–Kier alpha value is -2.67. The van der Waals surface area contributed by atoms with E-state index in [0.29, 0.717) is 25.8 Å². The fraction of sp³-hybridized carbons (Fsp3) is 0.731. The third-order valence-corrected chi connectivity index (χ3v) is 8.52. The van der Waals surface area contributed by atoms with E-state index >= 15 is 0 Å². The Morgan fingerprint density at radius 3 is 2.72 bits per heavy atom. The molecule has 0 radical (unpaired) electrons. The van der Waals surface area contributed by atoms with Gasteiger partial charge >= 0.3 is 6.18 Å². The molecule has 3 fully saturated rings. The van der Waals surface area contributed by atoms with E-state index < -0.39 is 36.0 Å². The first kappa shape index (κ1) is 27.9. The molecular weight excluding hydrogens is 520 g/mol. The lowest BCUT2D eigenvalue weighted by atomic mass is 9.72. The quantitative estimate of drug-likeness (QED) is 0.433. The van der Waals surface area contributed by atoms with Crippen LogP contribution in [-0.4, -0.2) is 58.3 Å². The fourth-order valence-electron chi connectivity index (χ4n) is 6.48. The number of aromatic nitrogens is 3. The first-order chi connectivity index (χ1) is 18.5. The number of piperidine rings is 1. The predicted octanol–water partition coefficient (Wildman–Crippen LogP) is 3.12. The van der Waals surface area contributed by atoms with Crippen molar-refractivity contribution in [2.75, 3.05) is 13.7 Å². The molecule has 3 N–H and O–H groups in total. The van der Waals surface area contributed by atoms with Crippen molar-refractivity contribution in [3.05, 3.63) is 35.6 Å². The highest BCUT2D eigenvalue weighted by atomic mass is 19.4. The third-order valence-electron chi connectivity index (χ3n) is 8.52. The summed E-state index contributed by atoms with van der Waals surface area (Å²) < 4.78 is 69.0. The summed E-state index contributed by atoms with van der Waals surface area (Å²) >= 11 is 0. The smallest absolute Gasteiger partial charge is 0.432 e. The van der Waals surface area contributed by atoms with Gasteiger partial charge in [-0.25, -0.2) is 4.39 Å². The molecule has 39 heavy (non-hydrogen) atoms. The van der Waals surface area contributed by atoms with Crippen LogP contribution in [0.1, 0.15) is 55.7 Å². The maximum absolute atomic E-state index is 14.2. The van der Waals surface area contributed by atoms with Gasteiger partial charge in [0.15, 0.2) is 5.69 Å². The van der Waals surface area contributed by atoms with Gasteiger partial charge in [-0.3, -0.25) is 19.5 Å². The van der Waals surface area contributed by atoms with Crippen LogP contribution >= 0.6 is 0 Å². The molecule has 2 aliphatic carbocycles. The molecule has 5 rings (SSSR count). The summed E-state index contributed by atoms with van der Waals surface area (Å²) in [4.78, 5) is 13.7. The second-order valence-corrected chi connectivity index (χ2v) is 11.3. The van der Waals surface area contributed by atoms with Gasteiger partial charge in [-0.05, 0) is 56.3 Å². The molecule has 3 aliphatic rings. The minimum absolute atomic E-state index is 0.0495. The van der Waals surface area contributed by atoms with Gasteiger partial charge in [-0.15, -0.1) is 0 Å². The van der Waals surface area contributed by atoms with Crippen LogP contribution in [0.25, 0.3) is 0 Å². The van der Waals surface area contributed by atoms with Gasteiger partial charge in [0.1, 0.15) is 12.4 Å². The van der Waals surface area contributed by atoms with Crippen molar-refractivity contribution in [1.82, 2.24) is 25.0 Å². The van der Waals surface area contributed by atoms with E-state index in [0.717, 1.165) is 12.8 Å². The topological polar surface area (TPSA) is 110 Å². The molecule has 13 heteroatoms. The normalized spacial score (nSPS) is 30.7. The first-order valence-corrected chi connectivity index (χ1v) is 13.5. The van der Waals surface area contributed by atoms with Crippen LogP contribution in [0.2, 0.25) is 0 Å². The highest BCUT2D eigenvalue weighted by molar-refractivity contribution is 5.79. The minimum atomic E-state index is -4.61. The first-order valence-electron chi connectivity index (χ1n) is 13.5. The van der Waals surface area contributed by atoms with E-state index in [-0.39, 0.29) is 54.0 Å². The highest BCUT2D eigenvalue weighted by Crippen LogP contribution is 2.44. The summed E-state index contributed by atoms with van der Waals surface area (Å²) in [5.41, 5.74) is -0.868. The largest absolute Gasteiger partial charge is 0.435 e. The molecule has 2 aromatic heterocycles. The van der Waals surface area contributed by atoms with Gasteiger partial charge < -0.3 is 19.8 Å². The number of hydrogen-bond donors (Lipinski definition) is 3. The van der Waals surface area contributed by atoms with Gasteiger partial charge in [0.25, 0.3) is 5.68 Å². The van der Waals surface area contributed by atoms with Crippen molar-refractivity contribution < 1.29 is 31.5 Å². The van der Waals surface area contributed by atoms with Gasteiger partial charge in [0, 0.05) is 63.2 Å². The molecule has 2 saturated carbocycles. The van der Waals surface area contributed by atoms with Crippen LogP contribution < -0.4 is 16.3 Å². The average molecular weight is 557 g/mol. The number of carbonyl (C=O) groups is 1. The number of oxazole rings is 1. The van der Waals surface area contributed by atoms with Crippen molar-refractivity contribution in [1.29, 1.82) is 5.41 Å². The molecule has 0 bridgehead atoms. The van der Waals surface area contributed by atoms with E-state index in [1.165, 1.54) is 31.3 Å². The van der Waals surface area contributed by atoms with Crippen LogP contribution in [0, 0.1) is 23.2 Å². The Kier molecular flexibility index (Phi) is 7.91. The third kappa shape index (κ3) is 6.24. The van der Waals surface area contributed by atoms with Crippen LogP contribution in [-0.2, 0) is 29.3 Å². The van der Waals surface area contributed by atoms with Crippen molar-refractivity contribution in [2.45, 2.75) is 81.5 Å². The lowest BCUT2D eigenvalue weighted by Crippen LogP contribution is -2.59. The van der Waals surface area contributed by atoms with E-state index in [1.807, 2.05) is 0 Å². The molecule has 2 aromatic rings. The molecule has 7 atom stereocenters. The molecular formula is C26H36F4N6O3. The Balaban J connectivity index is 1.37. The van der Waals surface area contributed by atoms with Crippen LogP contribution in [0.4, 0.5) is 17.6 Å². The lowest BCUT2D eigenvalue weighted by Gasteiger charge is -2.39. The number of carbonyl (C=O) groups excluding carboxylic acids is 1. The number of rotatable bonds is 8. The molecule has 1 saturated heterocycles. The number of alkyl halides is 4. The van der Waals surface area contributed by atoms with Gasteiger partial charge in [-0.1, -0.05) is 0 Å². The summed E-state index contributed by atoms with van der Waals surface area (Å²) in [6, 6.07) is -0.343. The van der Waals surface area contributed by atoms with E-state index in [1.54, 1.807) is 10.8 Å². The van der Waals surface area contributed by atoms with E-state index in [2.05, 4.69) is 15.7 Å². The molecule has 0 spiro atoms. The Morgan fingerprint density at radius 1 is 1.31 bits per heavy atom. The molecule has 216 valence electrons. The van der Waals surface area contributed by atoms with Crippen molar-refractivity contribution >= 4 is 5.91 Å². The van der Waals surface area contributed by atoms with Crippen molar-refractivity contribution in [3.8, 4) is 0 Å². The second kappa shape index (κ2) is 11.1. The highest BCUT2D eigenvalue weighted by Gasteiger charge is 2.45. The summed E-state index contributed by atoms with van der Waals surface area (Å²) in [6.07, 6.45) is 1.68. The summed E-state index contributed by atoms with van der Waals surface area (Å²) in [5.74, 6) is -1.11. The number of nitrogens with one attached hydrogen (secondary N) is 3. The number of aryl methyl sites for hydroxylation is 1. The standard InChI is InChI=1S/C26H36F4N6O3/c1-35-13-18(23(34-35)26(28,29)30)16-7-14(12-36-5-6-39-25(36)31)8-17(9-16)24(37)33-22(15-3-4-15)20-10-21(38-2)19(27)11-32-20/h5-6,13-17,19-22,31-32H,3-4,7-12H2,1-2H3,(H,33,37)/t14?,16?,17?,19?,20?,21?,22-/m0/s1. The zero-order valence-corrected chi connectivity index (χ0v) is 22.1. The number of halogens is 4. The number of hydrogen-bond acceptors (Lipinski definition) is 6. The van der Waals surface area contributed by atoms with Gasteiger partial charge in [0.05, 0.1) is 6.10 Å². The van der Waals surface area contributed by atoms with Crippen molar-refractivity contribution in [2.24, 2.45) is 24.8 Å². The minimum Gasteiger partial charge on any atom is -0.432 e. The molecule has 1 amide bonds. The molecule has 9 nitrogen and oxygen atoms in total. The summed E-state index contributed by atoms with van der Waals surface area (Å²) in [5, 5.41) is 18.1. The monoisotopic (exact) mass is 556 g/mol. The SMILES string of the molecule is COC1CC([C@@H](NC(=O)C2CC(Cn3ccoc3=N)CC(c3cn(C)nc3C(F)(F)F)C2)C2CC2)NCC1F. The summed E-state index contributed by atoms with van der Waals surface area (Å²) in [6.45, 7) is 0.509. The molecule has 6 unspecified atom stereocenters. The van der Waals surface area contributed by atoms with Crippen LogP contribution in [0.5, 0.6) is 0 Å². The number of ether oxygens (including phenoxy) is 1. The maximum atomic E-state index is 14.2. The number of methoxy groups -OCH3 is 1.